The summed E-state index contributed by atoms with van der Waals surface area (Å²) in [4.78, 5) is 18.2. The van der Waals surface area contributed by atoms with Crippen LogP contribution in [-0.4, -0.2) is 29.4 Å². The van der Waals surface area contributed by atoms with Crippen LogP contribution >= 0.6 is 11.6 Å². The monoisotopic (exact) mass is 416 g/mol. The van der Waals surface area contributed by atoms with Gasteiger partial charge < -0.3 is 9.64 Å². The standard InChI is InChI=1S/C22H23ClFN3O2/c1-4-10-26(22(28)17-12-15(23)6-9-20(17)29-3)14-21-25-18-13-16(24)7-8-19(18)27(21)11-5-2/h4,6-9,12-13H,1,5,10-11,14H2,2-3H3/p+1. The van der Waals surface area contributed by atoms with Crippen molar-refractivity contribution in [1.29, 1.82) is 0 Å². The number of halogens is 2. The minimum Gasteiger partial charge on any atom is -0.496 e. The van der Waals surface area contributed by atoms with Crippen molar-refractivity contribution in [3.8, 4) is 5.75 Å². The van der Waals surface area contributed by atoms with Gasteiger partial charge in [0.2, 0.25) is 0 Å². The van der Waals surface area contributed by atoms with E-state index >= 15 is 0 Å². The van der Waals surface area contributed by atoms with Crippen LogP contribution in [-0.2, 0) is 13.1 Å². The number of ether oxygens (including phenoxy) is 1. The summed E-state index contributed by atoms with van der Waals surface area (Å²) >= 11 is 6.10. The average Bonchev–Trinajstić information content (AvgIpc) is 3.03. The van der Waals surface area contributed by atoms with Gasteiger partial charge in [-0.3, -0.25) is 4.79 Å². The molecule has 29 heavy (non-hydrogen) atoms. The van der Waals surface area contributed by atoms with E-state index in [9.17, 15) is 9.18 Å². The van der Waals surface area contributed by atoms with E-state index in [1.165, 1.54) is 19.2 Å². The fraction of sp³-hybridized carbons (Fsp3) is 0.273. The molecule has 0 spiro atoms. The maximum Gasteiger partial charge on any atom is 0.275 e. The van der Waals surface area contributed by atoms with Gasteiger partial charge in [-0.2, -0.15) is 0 Å². The number of imidazole rings is 1. The molecular weight excluding hydrogens is 393 g/mol. The second kappa shape index (κ2) is 9.09. The van der Waals surface area contributed by atoms with Crippen molar-refractivity contribution in [2.24, 2.45) is 0 Å². The first-order chi connectivity index (χ1) is 14.0. The van der Waals surface area contributed by atoms with Crippen LogP contribution in [0.3, 0.4) is 0 Å². The fourth-order valence-corrected chi connectivity index (χ4v) is 3.56. The Kier molecular flexibility index (Phi) is 6.54. The number of H-pyrrole nitrogens is 1. The summed E-state index contributed by atoms with van der Waals surface area (Å²) in [5.74, 6) is 0.728. The highest BCUT2D eigenvalue weighted by Crippen LogP contribution is 2.25. The first-order valence-corrected chi connectivity index (χ1v) is 9.80. The van der Waals surface area contributed by atoms with Crippen molar-refractivity contribution < 1.29 is 18.5 Å². The van der Waals surface area contributed by atoms with E-state index in [4.69, 9.17) is 16.3 Å². The minimum atomic E-state index is -0.309. The van der Waals surface area contributed by atoms with E-state index in [0.29, 0.717) is 34.9 Å². The summed E-state index contributed by atoms with van der Waals surface area (Å²) in [6, 6.07) is 9.60. The Labute approximate surface area is 174 Å². The summed E-state index contributed by atoms with van der Waals surface area (Å²) in [5, 5.41) is 0.454. The summed E-state index contributed by atoms with van der Waals surface area (Å²) in [6.07, 6.45) is 2.57. The van der Waals surface area contributed by atoms with Crippen molar-refractivity contribution in [3.05, 3.63) is 71.3 Å². The van der Waals surface area contributed by atoms with Gasteiger partial charge in [0, 0.05) is 17.6 Å². The Morgan fingerprint density at radius 2 is 2.14 bits per heavy atom. The van der Waals surface area contributed by atoms with Crippen molar-refractivity contribution in [3.63, 3.8) is 0 Å². The molecule has 0 aliphatic rings. The Hall–Kier alpha value is -2.86. The van der Waals surface area contributed by atoms with Gasteiger partial charge in [0.1, 0.15) is 18.1 Å². The van der Waals surface area contributed by atoms with Crippen molar-refractivity contribution in [2.75, 3.05) is 13.7 Å². The first-order valence-electron chi connectivity index (χ1n) is 9.42. The molecule has 0 aliphatic carbocycles. The summed E-state index contributed by atoms with van der Waals surface area (Å²) < 4.78 is 21.1. The molecule has 0 saturated heterocycles. The third-order valence-electron chi connectivity index (χ3n) is 4.67. The van der Waals surface area contributed by atoms with Crippen LogP contribution in [0.15, 0.2) is 49.1 Å². The highest BCUT2D eigenvalue weighted by molar-refractivity contribution is 6.31. The third kappa shape index (κ3) is 4.43. The molecule has 152 valence electrons. The lowest BCUT2D eigenvalue weighted by Crippen LogP contribution is -2.41. The Morgan fingerprint density at radius 1 is 1.34 bits per heavy atom. The Morgan fingerprint density at radius 3 is 2.83 bits per heavy atom. The zero-order valence-electron chi connectivity index (χ0n) is 16.5. The molecule has 0 unspecified atom stereocenters. The van der Waals surface area contributed by atoms with Crippen molar-refractivity contribution in [2.45, 2.75) is 26.4 Å². The van der Waals surface area contributed by atoms with E-state index in [-0.39, 0.29) is 11.7 Å². The summed E-state index contributed by atoms with van der Waals surface area (Å²) in [7, 11) is 1.51. The lowest BCUT2D eigenvalue weighted by molar-refractivity contribution is -0.679. The van der Waals surface area contributed by atoms with E-state index in [2.05, 4.69) is 23.1 Å². The van der Waals surface area contributed by atoms with Crippen LogP contribution in [0.25, 0.3) is 11.0 Å². The van der Waals surface area contributed by atoms with Crippen LogP contribution in [0.5, 0.6) is 5.75 Å². The van der Waals surface area contributed by atoms with Crippen LogP contribution in [0.1, 0.15) is 29.5 Å². The smallest absolute Gasteiger partial charge is 0.275 e. The normalized spacial score (nSPS) is 10.9. The van der Waals surface area contributed by atoms with Crippen LogP contribution in [0.2, 0.25) is 5.02 Å². The number of aromatic amines is 1. The van der Waals surface area contributed by atoms with Gasteiger partial charge in [-0.1, -0.05) is 24.6 Å². The van der Waals surface area contributed by atoms with Gasteiger partial charge in [-0.15, -0.1) is 6.58 Å². The zero-order valence-corrected chi connectivity index (χ0v) is 17.3. The topological polar surface area (TPSA) is 49.2 Å². The number of carbonyl (C=O) groups is 1. The van der Waals surface area contributed by atoms with E-state index in [1.807, 2.05) is 0 Å². The molecule has 0 radical (unpaired) electrons. The van der Waals surface area contributed by atoms with Gasteiger partial charge in [-0.25, -0.2) is 13.9 Å². The van der Waals surface area contributed by atoms with Gasteiger partial charge >= 0.3 is 0 Å². The maximum atomic E-state index is 13.7. The molecular formula is C22H24ClFN3O2+. The number of aryl methyl sites for hydroxylation is 1. The number of hydrogen-bond donors (Lipinski definition) is 1. The number of hydrogen-bond acceptors (Lipinski definition) is 2. The predicted octanol–water partition coefficient (Wildman–Crippen LogP) is 4.49. The lowest BCUT2D eigenvalue weighted by Gasteiger charge is -2.20. The van der Waals surface area contributed by atoms with E-state index in [1.54, 1.807) is 35.2 Å². The molecule has 0 bridgehead atoms. The van der Waals surface area contributed by atoms with E-state index in [0.717, 1.165) is 24.3 Å². The molecule has 5 nitrogen and oxygen atoms in total. The molecule has 7 heteroatoms. The molecule has 1 aromatic heterocycles. The molecule has 2 aromatic carbocycles. The third-order valence-corrected chi connectivity index (χ3v) is 4.91. The van der Waals surface area contributed by atoms with Crippen LogP contribution < -0.4 is 9.30 Å². The molecule has 0 fully saturated rings. The SMILES string of the molecule is C=CCN(Cc1[nH]c2cc(F)ccc2[n+]1CCC)C(=O)c1cc(Cl)ccc1OC. The number of rotatable bonds is 8. The number of aromatic nitrogens is 2. The van der Waals surface area contributed by atoms with Gasteiger partial charge in [0.05, 0.1) is 19.2 Å². The Balaban J connectivity index is 2.01. The summed E-state index contributed by atoms with van der Waals surface area (Å²) in [6.45, 7) is 7.23. The highest BCUT2D eigenvalue weighted by Gasteiger charge is 2.25. The molecule has 1 N–H and O–H groups in total. The lowest BCUT2D eigenvalue weighted by atomic mass is 10.1. The molecule has 0 atom stereocenters. The molecule has 1 amide bonds. The quantitative estimate of drug-likeness (QED) is 0.434. The molecule has 0 aliphatic heterocycles. The van der Waals surface area contributed by atoms with Crippen molar-refractivity contribution >= 4 is 28.5 Å². The second-order valence-electron chi connectivity index (χ2n) is 6.70. The van der Waals surface area contributed by atoms with E-state index < -0.39 is 0 Å². The number of fused-ring (bicyclic) bond motifs is 1. The minimum absolute atomic E-state index is 0.225. The first kappa shape index (κ1) is 20.9. The fourth-order valence-electron chi connectivity index (χ4n) is 3.39. The molecule has 3 rings (SSSR count). The number of carbonyl (C=O) groups excluding carboxylic acids is 1. The van der Waals surface area contributed by atoms with Crippen LogP contribution in [0.4, 0.5) is 4.39 Å². The molecule has 0 saturated carbocycles. The zero-order chi connectivity index (χ0) is 21.0. The Bertz CT molecular complexity index is 1050. The number of amides is 1. The number of nitrogens with zero attached hydrogens (tertiary/aromatic N) is 2. The number of benzene rings is 2. The number of nitrogens with one attached hydrogen (secondary N) is 1. The highest BCUT2D eigenvalue weighted by atomic mass is 35.5. The van der Waals surface area contributed by atoms with Gasteiger partial charge in [0.15, 0.2) is 11.0 Å². The van der Waals surface area contributed by atoms with Crippen molar-refractivity contribution in [1.82, 2.24) is 9.88 Å². The molecule has 1 heterocycles. The maximum absolute atomic E-state index is 13.7. The number of methoxy groups -OCH3 is 1. The average molecular weight is 417 g/mol. The second-order valence-corrected chi connectivity index (χ2v) is 7.14. The summed E-state index contributed by atoms with van der Waals surface area (Å²) in [5.41, 5.74) is 1.97. The molecule has 3 aromatic rings. The predicted molar refractivity (Wildman–Crippen MR) is 112 cm³/mol. The van der Waals surface area contributed by atoms with Gasteiger partial charge in [0.25, 0.3) is 11.7 Å². The van der Waals surface area contributed by atoms with Crippen LogP contribution in [0, 0.1) is 5.82 Å². The largest absolute Gasteiger partial charge is 0.496 e. The van der Waals surface area contributed by atoms with Gasteiger partial charge in [-0.05, 0) is 36.8 Å².